The van der Waals surface area contributed by atoms with Gasteiger partial charge in [-0.15, -0.1) is 0 Å². The van der Waals surface area contributed by atoms with Crippen LogP contribution in [0.5, 0.6) is 11.5 Å². The molecule has 1 aliphatic heterocycles. The van der Waals surface area contributed by atoms with Crippen molar-refractivity contribution in [2.45, 2.75) is 12.6 Å². The van der Waals surface area contributed by atoms with Crippen LogP contribution < -0.4 is 4.74 Å². The summed E-state index contributed by atoms with van der Waals surface area (Å²) >= 11 is 0. The lowest BCUT2D eigenvalue weighted by molar-refractivity contribution is -0.140. The molecule has 2 aromatic carbocycles. The minimum Gasteiger partial charge on any atom is -0.508 e. The van der Waals surface area contributed by atoms with Crippen molar-refractivity contribution < 1.29 is 29.0 Å². The molecule has 1 saturated heterocycles. The maximum absolute atomic E-state index is 13.0. The van der Waals surface area contributed by atoms with Gasteiger partial charge in [-0.1, -0.05) is 24.8 Å². The first-order valence-corrected chi connectivity index (χ1v) is 9.93. The van der Waals surface area contributed by atoms with Gasteiger partial charge in [0.2, 0.25) is 0 Å². The third-order valence-corrected chi connectivity index (χ3v) is 5.15. The van der Waals surface area contributed by atoms with Crippen LogP contribution in [0.1, 0.15) is 22.9 Å². The van der Waals surface area contributed by atoms with Crippen LogP contribution in [0.3, 0.4) is 0 Å². The molecule has 1 aliphatic rings. The van der Waals surface area contributed by atoms with Gasteiger partial charge in [0.1, 0.15) is 29.6 Å². The highest BCUT2D eigenvalue weighted by Crippen LogP contribution is 2.40. The van der Waals surface area contributed by atoms with Crippen molar-refractivity contribution >= 4 is 17.4 Å². The molecule has 32 heavy (non-hydrogen) atoms. The van der Waals surface area contributed by atoms with Gasteiger partial charge in [0.15, 0.2) is 0 Å². The third-order valence-electron chi connectivity index (χ3n) is 5.15. The van der Waals surface area contributed by atoms with Crippen molar-refractivity contribution in [2.75, 3.05) is 6.61 Å². The van der Waals surface area contributed by atoms with Crippen LogP contribution in [0.25, 0.3) is 5.76 Å². The topological polar surface area (TPSA) is 100 Å². The Bertz CT molecular complexity index is 1160. The molecule has 1 amide bonds. The fraction of sp³-hybridized carbons (Fsp3) is 0.120. The molecule has 0 radical (unpaired) electrons. The number of amides is 1. The van der Waals surface area contributed by atoms with Crippen LogP contribution in [-0.4, -0.2) is 33.4 Å². The van der Waals surface area contributed by atoms with Crippen molar-refractivity contribution in [3.63, 3.8) is 0 Å². The Morgan fingerprint density at radius 1 is 1.09 bits per heavy atom. The predicted octanol–water partition coefficient (Wildman–Crippen LogP) is 4.17. The Labute approximate surface area is 184 Å². The second-order valence-corrected chi connectivity index (χ2v) is 7.22. The van der Waals surface area contributed by atoms with Crippen molar-refractivity contribution in [3.8, 4) is 11.5 Å². The minimum absolute atomic E-state index is 0.0352. The van der Waals surface area contributed by atoms with E-state index in [4.69, 9.17) is 9.15 Å². The molecule has 0 aliphatic carbocycles. The van der Waals surface area contributed by atoms with Gasteiger partial charge < -0.3 is 24.3 Å². The summed E-state index contributed by atoms with van der Waals surface area (Å²) in [6.07, 6.45) is 3.10. The average Bonchev–Trinajstić information content (AvgIpc) is 3.41. The maximum Gasteiger partial charge on any atom is 0.296 e. The maximum atomic E-state index is 13.0. The molecule has 1 atom stereocenters. The Morgan fingerprint density at radius 3 is 2.44 bits per heavy atom. The van der Waals surface area contributed by atoms with Gasteiger partial charge in [-0.2, -0.15) is 0 Å². The number of phenolic OH excluding ortho intramolecular Hbond substituents is 1. The standard InChI is InChI=1S/C25H21NO6/c1-2-13-31-19-11-7-17(8-12-19)23(28)21-22(16-5-9-18(27)10-6-16)26(25(30)24(21)29)15-20-4-3-14-32-20/h2-12,14,22,27-28H,1,13,15H2/b23-21-. The van der Waals surface area contributed by atoms with Crippen molar-refractivity contribution in [2.24, 2.45) is 0 Å². The molecule has 0 saturated carbocycles. The summed E-state index contributed by atoms with van der Waals surface area (Å²) in [5, 5.41) is 20.7. The first kappa shape index (κ1) is 21.0. The highest BCUT2D eigenvalue weighted by molar-refractivity contribution is 6.46. The lowest BCUT2D eigenvalue weighted by Crippen LogP contribution is -2.29. The van der Waals surface area contributed by atoms with E-state index in [1.165, 1.54) is 23.3 Å². The van der Waals surface area contributed by atoms with Gasteiger partial charge in [-0.05, 0) is 54.1 Å². The highest BCUT2D eigenvalue weighted by Gasteiger charge is 2.46. The number of aliphatic hydroxyl groups excluding tert-OH is 1. The van der Waals surface area contributed by atoms with E-state index in [0.717, 1.165) is 0 Å². The number of benzene rings is 2. The summed E-state index contributed by atoms with van der Waals surface area (Å²) in [6, 6.07) is 15.2. The number of nitrogens with zero attached hydrogens (tertiary/aromatic N) is 1. The normalized spacial score (nSPS) is 17.5. The smallest absolute Gasteiger partial charge is 0.296 e. The minimum atomic E-state index is -0.850. The summed E-state index contributed by atoms with van der Waals surface area (Å²) in [6.45, 7) is 3.98. The van der Waals surface area contributed by atoms with E-state index in [1.54, 1.807) is 54.6 Å². The quantitative estimate of drug-likeness (QED) is 0.252. The summed E-state index contributed by atoms with van der Waals surface area (Å²) in [5.41, 5.74) is 0.906. The lowest BCUT2D eigenvalue weighted by atomic mass is 9.95. The molecule has 2 N–H and O–H groups in total. The molecule has 1 fully saturated rings. The second-order valence-electron chi connectivity index (χ2n) is 7.22. The fourth-order valence-corrected chi connectivity index (χ4v) is 3.64. The SMILES string of the molecule is C=CCOc1ccc(/C(O)=C2/C(=O)C(=O)N(Cc3ccco3)C2c2ccc(O)cc2)cc1. The number of ether oxygens (including phenoxy) is 1. The monoisotopic (exact) mass is 431 g/mol. The van der Waals surface area contributed by atoms with E-state index in [9.17, 15) is 19.8 Å². The predicted molar refractivity (Wildman–Crippen MR) is 117 cm³/mol. The van der Waals surface area contributed by atoms with E-state index in [1.807, 2.05) is 0 Å². The van der Waals surface area contributed by atoms with E-state index in [-0.39, 0.29) is 23.6 Å². The second kappa shape index (κ2) is 8.85. The molecular formula is C25H21NO6. The number of Topliss-reactive ketones (excluding diaryl/α,β-unsaturated/α-hetero) is 1. The molecule has 162 valence electrons. The Balaban J connectivity index is 1.78. The Morgan fingerprint density at radius 2 is 1.81 bits per heavy atom. The number of likely N-dealkylation sites (tertiary alicyclic amines) is 1. The summed E-state index contributed by atoms with van der Waals surface area (Å²) < 4.78 is 10.8. The van der Waals surface area contributed by atoms with Gasteiger partial charge >= 0.3 is 0 Å². The summed E-state index contributed by atoms with van der Waals surface area (Å²) in [5.74, 6) is -0.703. The van der Waals surface area contributed by atoms with E-state index >= 15 is 0 Å². The first-order chi connectivity index (χ1) is 15.5. The van der Waals surface area contributed by atoms with Crippen LogP contribution in [-0.2, 0) is 16.1 Å². The molecule has 3 aromatic rings. The zero-order valence-electron chi connectivity index (χ0n) is 17.1. The average molecular weight is 431 g/mol. The van der Waals surface area contributed by atoms with Crippen LogP contribution >= 0.6 is 0 Å². The highest BCUT2D eigenvalue weighted by atomic mass is 16.5. The van der Waals surface area contributed by atoms with Crippen molar-refractivity contribution in [1.29, 1.82) is 0 Å². The first-order valence-electron chi connectivity index (χ1n) is 9.93. The van der Waals surface area contributed by atoms with Crippen LogP contribution in [0, 0.1) is 0 Å². The third kappa shape index (κ3) is 4.00. The largest absolute Gasteiger partial charge is 0.508 e. The van der Waals surface area contributed by atoms with Crippen molar-refractivity contribution in [1.82, 2.24) is 4.90 Å². The summed E-state index contributed by atoms with van der Waals surface area (Å²) in [4.78, 5) is 27.3. The van der Waals surface area contributed by atoms with Crippen molar-refractivity contribution in [3.05, 3.63) is 102 Å². The number of rotatable bonds is 7. The number of hydrogen-bond donors (Lipinski definition) is 2. The molecule has 1 aromatic heterocycles. The van der Waals surface area contributed by atoms with Gasteiger partial charge in [0.05, 0.1) is 24.4 Å². The molecule has 0 bridgehead atoms. The number of aromatic hydroxyl groups is 1. The van der Waals surface area contributed by atoms with E-state index < -0.39 is 17.7 Å². The zero-order valence-corrected chi connectivity index (χ0v) is 17.1. The van der Waals surface area contributed by atoms with Crippen LogP contribution in [0.15, 0.2) is 89.6 Å². The number of hydrogen-bond acceptors (Lipinski definition) is 6. The number of carbonyl (C=O) groups is 2. The molecule has 1 unspecified atom stereocenters. The van der Waals surface area contributed by atoms with Gasteiger partial charge in [0.25, 0.3) is 11.7 Å². The Hall–Kier alpha value is -4.26. The number of ketones is 1. The van der Waals surface area contributed by atoms with E-state index in [2.05, 4.69) is 6.58 Å². The fourth-order valence-electron chi connectivity index (χ4n) is 3.64. The van der Waals surface area contributed by atoms with Gasteiger partial charge in [0, 0.05) is 5.56 Å². The molecule has 7 nitrogen and oxygen atoms in total. The van der Waals surface area contributed by atoms with Crippen LogP contribution in [0.4, 0.5) is 0 Å². The van der Waals surface area contributed by atoms with Gasteiger partial charge in [-0.3, -0.25) is 9.59 Å². The van der Waals surface area contributed by atoms with E-state index in [0.29, 0.717) is 29.2 Å². The number of phenols is 1. The molecule has 0 spiro atoms. The molecule has 2 heterocycles. The number of carbonyl (C=O) groups excluding carboxylic acids is 2. The molecule has 4 rings (SSSR count). The summed E-state index contributed by atoms with van der Waals surface area (Å²) in [7, 11) is 0. The lowest BCUT2D eigenvalue weighted by Gasteiger charge is -2.24. The molecular weight excluding hydrogens is 410 g/mol. The number of furan rings is 1. The molecule has 7 heteroatoms. The van der Waals surface area contributed by atoms with Gasteiger partial charge in [-0.25, -0.2) is 0 Å². The number of aliphatic hydroxyl groups is 1. The Kier molecular flexibility index (Phi) is 5.81. The van der Waals surface area contributed by atoms with Crippen LogP contribution in [0.2, 0.25) is 0 Å². The zero-order chi connectivity index (χ0) is 22.7.